The number of aryl methyl sites for hydroxylation is 4. The van der Waals surface area contributed by atoms with Crippen molar-refractivity contribution in [3.63, 3.8) is 0 Å². The topological polar surface area (TPSA) is 38.0 Å². The van der Waals surface area contributed by atoms with E-state index in [1.807, 2.05) is 20.0 Å². The fourth-order valence-corrected chi connectivity index (χ4v) is 3.65. The standard InChI is InChI=1S/C17H17BrN2O/c1-9-5-13(18)6-10(2)16(9)20-8-11(3)15-14(21)7-12(4)19-17(15)20/h5-8H,1-4H3,(H,19,21). The Labute approximate surface area is 132 Å². The van der Waals surface area contributed by atoms with Crippen LogP contribution in [-0.4, -0.2) is 14.7 Å². The molecule has 0 amide bonds. The first-order valence-corrected chi connectivity index (χ1v) is 7.63. The molecule has 0 spiro atoms. The molecule has 0 aliphatic rings. The summed E-state index contributed by atoms with van der Waals surface area (Å²) in [4.78, 5) is 4.63. The predicted octanol–water partition coefficient (Wildman–Crippen LogP) is 4.73. The second-order valence-electron chi connectivity index (χ2n) is 5.55. The van der Waals surface area contributed by atoms with Crippen LogP contribution in [0.2, 0.25) is 0 Å². The number of halogens is 1. The van der Waals surface area contributed by atoms with E-state index in [2.05, 4.69) is 51.5 Å². The molecule has 1 aromatic carbocycles. The van der Waals surface area contributed by atoms with Gasteiger partial charge in [-0.05, 0) is 56.5 Å². The molecule has 2 heterocycles. The van der Waals surface area contributed by atoms with Gasteiger partial charge in [-0.15, -0.1) is 0 Å². The van der Waals surface area contributed by atoms with Crippen LogP contribution in [0, 0.1) is 27.7 Å². The molecule has 0 aliphatic carbocycles. The third-order valence-corrected chi connectivity index (χ3v) is 4.21. The van der Waals surface area contributed by atoms with Crippen molar-refractivity contribution in [3.8, 4) is 11.4 Å². The maximum absolute atomic E-state index is 10.2. The number of hydrogen-bond acceptors (Lipinski definition) is 2. The largest absolute Gasteiger partial charge is 0.507 e. The summed E-state index contributed by atoms with van der Waals surface area (Å²) in [7, 11) is 0. The van der Waals surface area contributed by atoms with E-state index in [0.717, 1.165) is 32.5 Å². The van der Waals surface area contributed by atoms with Crippen LogP contribution in [0.1, 0.15) is 22.4 Å². The van der Waals surface area contributed by atoms with E-state index in [9.17, 15) is 5.11 Å². The first-order valence-electron chi connectivity index (χ1n) is 6.84. The monoisotopic (exact) mass is 344 g/mol. The van der Waals surface area contributed by atoms with Crippen molar-refractivity contribution in [2.45, 2.75) is 27.7 Å². The number of hydrogen-bond donors (Lipinski definition) is 1. The summed E-state index contributed by atoms with van der Waals surface area (Å²) in [5, 5.41) is 11.0. The maximum Gasteiger partial charge on any atom is 0.148 e. The third-order valence-electron chi connectivity index (χ3n) is 3.75. The highest BCUT2D eigenvalue weighted by Gasteiger charge is 2.16. The zero-order chi connectivity index (χ0) is 15.3. The van der Waals surface area contributed by atoms with E-state index in [-0.39, 0.29) is 0 Å². The van der Waals surface area contributed by atoms with Gasteiger partial charge < -0.3 is 9.67 Å². The van der Waals surface area contributed by atoms with E-state index in [0.29, 0.717) is 5.75 Å². The Morgan fingerprint density at radius 2 is 1.62 bits per heavy atom. The Morgan fingerprint density at radius 1 is 1.00 bits per heavy atom. The molecule has 0 saturated heterocycles. The first kappa shape index (κ1) is 14.1. The highest BCUT2D eigenvalue weighted by molar-refractivity contribution is 9.10. The number of aromatic hydroxyl groups is 1. The van der Waals surface area contributed by atoms with Crippen molar-refractivity contribution < 1.29 is 5.11 Å². The van der Waals surface area contributed by atoms with Gasteiger partial charge >= 0.3 is 0 Å². The van der Waals surface area contributed by atoms with E-state index in [1.54, 1.807) is 6.07 Å². The molecular weight excluding hydrogens is 328 g/mol. The Kier molecular flexibility index (Phi) is 3.29. The van der Waals surface area contributed by atoms with Crippen LogP contribution in [0.5, 0.6) is 5.75 Å². The summed E-state index contributed by atoms with van der Waals surface area (Å²) in [6, 6.07) is 5.90. The number of benzene rings is 1. The van der Waals surface area contributed by atoms with Gasteiger partial charge in [-0.3, -0.25) is 0 Å². The van der Waals surface area contributed by atoms with Gasteiger partial charge in [-0.25, -0.2) is 4.98 Å². The Hall–Kier alpha value is -1.81. The summed E-state index contributed by atoms with van der Waals surface area (Å²) in [6.07, 6.45) is 2.04. The Morgan fingerprint density at radius 3 is 2.24 bits per heavy atom. The lowest BCUT2D eigenvalue weighted by molar-refractivity contribution is 0.480. The summed E-state index contributed by atoms with van der Waals surface area (Å²) < 4.78 is 3.15. The number of pyridine rings is 1. The summed E-state index contributed by atoms with van der Waals surface area (Å²) in [5.41, 5.74) is 6.10. The van der Waals surface area contributed by atoms with Gasteiger partial charge in [-0.1, -0.05) is 15.9 Å². The highest BCUT2D eigenvalue weighted by Crippen LogP contribution is 2.33. The lowest BCUT2D eigenvalue weighted by Crippen LogP contribution is -2.00. The van der Waals surface area contributed by atoms with Crippen molar-refractivity contribution in [2.24, 2.45) is 0 Å². The van der Waals surface area contributed by atoms with Gasteiger partial charge in [0.15, 0.2) is 0 Å². The van der Waals surface area contributed by atoms with Crippen molar-refractivity contribution in [1.29, 1.82) is 0 Å². The summed E-state index contributed by atoms with van der Waals surface area (Å²) >= 11 is 3.53. The van der Waals surface area contributed by atoms with Gasteiger partial charge in [-0.2, -0.15) is 0 Å². The zero-order valence-electron chi connectivity index (χ0n) is 12.5. The molecule has 3 aromatic rings. The molecule has 1 N–H and O–H groups in total. The molecule has 108 valence electrons. The normalized spacial score (nSPS) is 11.3. The molecule has 4 heteroatoms. The van der Waals surface area contributed by atoms with Crippen LogP contribution in [-0.2, 0) is 0 Å². The maximum atomic E-state index is 10.2. The molecule has 0 unspecified atom stereocenters. The van der Waals surface area contributed by atoms with Crippen LogP contribution in [0.3, 0.4) is 0 Å². The van der Waals surface area contributed by atoms with Crippen molar-refractivity contribution in [1.82, 2.24) is 9.55 Å². The minimum absolute atomic E-state index is 0.293. The molecule has 0 atom stereocenters. The number of rotatable bonds is 1. The highest BCUT2D eigenvalue weighted by atomic mass is 79.9. The van der Waals surface area contributed by atoms with Gasteiger partial charge in [0, 0.05) is 22.4 Å². The lowest BCUT2D eigenvalue weighted by atomic mass is 10.1. The molecule has 3 rings (SSSR count). The average Bonchev–Trinajstić information content (AvgIpc) is 2.65. The molecule has 0 aliphatic heterocycles. The van der Waals surface area contributed by atoms with E-state index in [1.165, 1.54) is 11.1 Å². The molecule has 0 saturated carbocycles. The molecule has 0 fully saturated rings. The fraction of sp³-hybridized carbons (Fsp3) is 0.235. The van der Waals surface area contributed by atoms with Gasteiger partial charge in [0.05, 0.1) is 11.1 Å². The first-order chi connectivity index (χ1) is 9.88. The minimum Gasteiger partial charge on any atom is -0.507 e. The Bertz CT molecular complexity index is 842. The number of fused-ring (bicyclic) bond motifs is 1. The second kappa shape index (κ2) is 4.88. The van der Waals surface area contributed by atoms with Gasteiger partial charge in [0.25, 0.3) is 0 Å². The number of aromatic nitrogens is 2. The second-order valence-corrected chi connectivity index (χ2v) is 6.47. The van der Waals surface area contributed by atoms with Gasteiger partial charge in [0.2, 0.25) is 0 Å². The van der Waals surface area contributed by atoms with Crippen molar-refractivity contribution in [2.75, 3.05) is 0 Å². The van der Waals surface area contributed by atoms with Crippen LogP contribution < -0.4 is 0 Å². The fourth-order valence-electron chi connectivity index (χ4n) is 2.97. The third kappa shape index (κ3) is 2.23. The average molecular weight is 345 g/mol. The van der Waals surface area contributed by atoms with E-state index >= 15 is 0 Å². The quantitative estimate of drug-likeness (QED) is 0.693. The summed E-state index contributed by atoms with van der Waals surface area (Å²) in [5.74, 6) is 0.293. The van der Waals surface area contributed by atoms with Crippen LogP contribution in [0.4, 0.5) is 0 Å². The van der Waals surface area contributed by atoms with Crippen molar-refractivity contribution >= 4 is 27.0 Å². The summed E-state index contributed by atoms with van der Waals surface area (Å²) in [6.45, 7) is 8.07. The van der Waals surface area contributed by atoms with Crippen molar-refractivity contribution in [3.05, 3.63) is 51.3 Å². The Balaban J connectivity index is 2.42. The van der Waals surface area contributed by atoms with Gasteiger partial charge in [0.1, 0.15) is 11.4 Å². The smallest absolute Gasteiger partial charge is 0.148 e. The SMILES string of the molecule is Cc1cc(O)c2c(C)cn(-c3c(C)cc(Br)cc3C)c2n1. The zero-order valence-corrected chi connectivity index (χ0v) is 14.1. The molecule has 0 radical (unpaired) electrons. The van der Waals surface area contributed by atoms with E-state index in [4.69, 9.17) is 0 Å². The number of nitrogens with zero attached hydrogens (tertiary/aromatic N) is 2. The molecule has 0 bridgehead atoms. The van der Waals surface area contributed by atoms with Crippen LogP contribution in [0.25, 0.3) is 16.7 Å². The van der Waals surface area contributed by atoms with Crippen LogP contribution >= 0.6 is 15.9 Å². The van der Waals surface area contributed by atoms with E-state index < -0.39 is 0 Å². The lowest BCUT2D eigenvalue weighted by Gasteiger charge is -2.13. The molecule has 2 aromatic heterocycles. The minimum atomic E-state index is 0.293. The molecular formula is C17H17BrN2O. The predicted molar refractivity (Wildman–Crippen MR) is 89.4 cm³/mol. The molecule has 3 nitrogen and oxygen atoms in total. The van der Waals surface area contributed by atoms with Crippen LogP contribution in [0.15, 0.2) is 28.9 Å². The molecule has 21 heavy (non-hydrogen) atoms.